The average Bonchev–Trinajstić information content (AvgIpc) is 2.36. The van der Waals surface area contributed by atoms with E-state index in [-0.39, 0.29) is 11.9 Å². The molecule has 0 aliphatic carbocycles. The van der Waals surface area contributed by atoms with Gasteiger partial charge in [-0.3, -0.25) is 4.79 Å². The van der Waals surface area contributed by atoms with Crippen molar-refractivity contribution in [2.24, 2.45) is 5.92 Å². The number of benzene rings is 1. The molecule has 0 bridgehead atoms. The maximum Gasteiger partial charge on any atom is 0.253 e. The fourth-order valence-electron chi connectivity index (χ4n) is 2.19. The Kier molecular flexibility index (Phi) is 6.86. The van der Waals surface area contributed by atoms with Gasteiger partial charge in [-0.15, -0.1) is 0 Å². The van der Waals surface area contributed by atoms with Crippen molar-refractivity contribution >= 4 is 23.2 Å². The smallest absolute Gasteiger partial charge is 0.253 e. The van der Waals surface area contributed by atoms with Gasteiger partial charge in [-0.25, -0.2) is 0 Å². The molecule has 0 fully saturated rings. The van der Waals surface area contributed by atoms with E-state index in [0.717, 1.165) is 25.1 Å². The topological polar surface area (TPSA) is 41.1 Å². The quantitative estimate of drug-likeness (QED) is 0.786. The summed E-state index contributed by atoms with van der Waals surface area (Å²) in [6.07, 6.45) is 1.97. The number of halogens is 1. The molecule has 0 saturated heterocycles. The molecule has 0 heterocycles. The average molecular weight is 297 g/mol. The van der Waals surface area contributed by atoms with Gasteiger partial charge in [0.25, 0.3) is 5.91 Å². The van der Waals surface area contributed by atoms with E-state index in [1.54, 1.807) is 12.1 Å². The lowest BCUT2D eigenvalue weighted by Gasteiger charge is -2.18. The molecule has 1 unspecified atom stereocenters. The van der Waals surface area contributed by atoms with Crippen LogP contribution in [-0.2, 0) is 0 Å². The van der Waals surface area contributed by atoms with Gasteiger partial charge < -0.3 is 10.6 Å². The van der Waals surface area contributed by atoms with E-state index in [2.05, 4.69) is 31.4 Å². The maximum absolute atomic E-state index is 12.4. The summed E-state index contributed by atoms with van der Waals surface area (Å²) in [5.41, 5.74) is 1.45. The van der Waals surface area contributed by atoms with Gasteiger partial charge in [-0.2, -0.15) is 0 Å². The van der Waals surface area contributed by atoms with Crippen molar-refractivity contribution in [2.75, 3.05) is 11.9 Å². The Hall–Kier alpha value is -1.22. The highest BCUT2D eigenvalue weighted by Gasteiger charge is 2.15. The Bertz CT molecular complexity index is 446. The van der Waals surface area contributed by atoms with Crippen LogP contribution in [0, 0.1) is 5.92 Å². The number of hydrogen-bond donors (Lipinski definition) is 2. The molecule has 0 spiro atoms. The highest BCUT2D eigenvalue weighted by molar-refractivity contribution is 6.31. The third-order valence-corrected chi connectivity index (χ3v) is 3.23. The number of hydrogen-bond acceptors (Lipinski definition) is 2. The third-order valence-electron chi connectivity index (χ3n) is 2.99. The van der Waals surface area contributed by atoms with E-state index in [0.29, 0.717) is 16.5 Å². The zero-order valence-corrected chi connectivity index (χ0v) is 13.6. The van der Waals surface area contributed by atoms with Crippen LogP contribution in [0.25, 0.3) is 0 Å². The maximum atomic E-state index is 12.4. The van der Waals surface area contributed by atoms with Gasteiger partial charge in [0, 0.05) is 23.3 Å². The largest absolute Gasteiger partial charge is 0.384 e. The molecule has 20 heavy (non-hydrogen) atoms. The summed E-state index contributed by atoms with van der Waals surface area (Å²) >= 11 is 6.01. The molecule has 1 aromatic rings. The minimum Gasteiger partial charge on any atom is -0.384 e. The molecular formula is C16H25ClN2O. The second-order valence-electron chi connectivity index (χ2n) is 5.62. The molecule has 1 aromatic carbocycles. The minimum absolute atomic E-state index is 0.0701. The highest BCUT2D eigenvalue weighted by atomic mass is 35.5. The molecule has 2 N–H and O–H groups in total. The van der Waals surface area contributed by atoms with Crippen LogP contribution in [0.1, 0.15) is 50.9 Å². The predicted octanol–water partition coefficient (Wildman–Crippen LogP) is 4.33. The van der Waals surface area contributed by atoms with Crippen LogP contribution < -0.4 is 10.6 Å². The molecule has 3 nitrogen and oxygen atoms in total. The van der Waals surface area contributed by atoms with Crippen molar-refractivity contribution in [3.05, 3.63) is 28.8 Å². The first-order valence-corrected chi connectivity index (χ1v) is 7.66. The summed E-state index contributed by atoms with van der Waals surface area (Å²) in [7, 11) is 0. The Morgan fingerprint density at radius 2 is 2.00 bits per heavy atom. The van der Waals surface area contributed by atoms with Crippen molar-refractivity contribution in [3.8, 4) is 0 Å². The molecule has 0 aliphatic rings. The first-order chi connectivity index (χ1) is 9.43. The molecule has 0 aliphatic heterocycles. The van der Waals surface area contributed by atoms with E-state index in [1.165, 1.54) is 0 Å². The highest BCUT2D eigenvalue weighted by Crippen LogP contribution is 2.21. The number of carbonyl (C=O) groups is 1. The van der Waals surface area contributed by atoms with Crippen molar-refractivity contribution in [2.45, 2.75) is 46.6 Å². The molecule has 4 heteroatoms. The minimum atomic E-state index is -0.0701. The first-order valence-electron chi connectivity index (χ1n) is 7.28. The molecule has 1 amide bonds. The summed E-state index contributed by atoms with van der Waals surface area (Å²) in [5, 5.41) is 6.88. The Labute approximate surface area is 127 Å². The zero-order chi connectivity index (χ0) is 15.1. The lowest BCUT2D eigenvalue weighted by Crippen LogP contribution is -2.34. The number of amides is 1. The van der Waals surface area contributed by atoms with Gasteiger partial charge in [-0.1, -0.05) is 32.4 Å². The first kappa shape index (κ1) is 16.8. The number of anilines is 1. The second kappa shape index (κ2) is 8.15. The number of carbonyl (C=O) groups excluding carboxylic acids is 1. The molecule has 1 rings (SSSR count). The van der Waals surface area contributed by atoms with Crippen LogP contribution in [-0.4, -0.2) is 18.5 Å². The van der Waals surface area contributed by atoms with Crippen molar-refractivity contribution in [3.63, 3.8) is 0 Å². The number of nitrogens with one attached hydrogen (secondary N) is 2. The van der Waals surface area contributed by atoms with E-state index in [4.69, 9.17) is 11.6 Å². The van der Waals surface area contributed by atoms with Crippen molar-refractivity contribution in [1.29, 1.82) is 0 Å². The van der Waals surface area contributed by atoms with Gasteiger partial charge in [0.2, 0.25) is 0 Å². The van der Waals surface area contributed by atoms with E-state index in [1.807, 2.05) is 13.0 Å². The monoisotopic (exact) mass is 296 g/mol. The van der Waals surface area contributed by atoms with Crippen LogP contribution in [0.2, 0.25) is 5.02 Å². The molecular weight excluding hydrogens is 272 g/mol. The van der Waals surface area contributed by atoms with Gasteiger partial charge in [0.05, 0.1) is 5.56 Å². The lowest BCUT2D eigenvalue weighted by molar-refractivity contribution is 0.0937. The summed E-state index contributed by atoms with van der Waals surface area (Å²) in [6.45, 7) is 9.25. The molecule has 0 aromatic heterocycles. The summed E-state index contributed by atoms with van der Waals surface area (Å²) in [6, 6.07) is 5.53. The standard InChI is InChI=1S/C16H25ClN2O/c1-5-8-18-15-7-6-13(17)10-14(15)16(20)19-12(4)9-11(2)3/h6-7,10-12,18H,5,8-9H2,1-4H3,(H,19,20). The Morgan fingerprint density at radius 1 is 1.30 bits per heavy atom. The van der Waals surface area contributed by atoms with Crippen LogP contribution in [0.3, 0.4) is 0 Å². The zero-order valence-electron chi connectivity index (χ0n) is 12.8. The van der Waals surface area contributed by atoms with Gasteiger partial charge in [0.15, 0.2) is 0 Å². The summed E-state index contributed by atoms with van der Waals surface area (Å²) in [4.78, 5) is 12.4. The summed E-state index contributed by atoms with van der Waals surface area (Å²) < 4.78 is 0. The van der Waals surface area contributed by atoms with Crippen LogP contribution in [0.15, 0.2) is 18.2 Å². The Balaban J connectivity index is 2.82. The third kappa shape index (κ3) is 5.41. The Morgan fingerprint density at radius 3 is 2.60 bits per heavy atom. The van der Waals surface area contributed by atoms with E-state index >= 15 is 0 Å². The molecule has 1 atom stereocenters. The van der Waals surface area contributed by atoms with Crippen LogP contribution in [0.5, 0.6) is 0 Å². The van der Waals surface area contributed by atoms with Gasteiger partial charge in [0.1, 0.15) is 0 Å². The van der Waals surface area contributed by atoms with Crippen LogP contribution >= 0.6 is 11.6 Å². The predicted molar refractivity (Wildman–Crippen MR) is 86.6 cm³/mol. The SMILES string of the molecule is CCCNc1ccc(Cl)cc1C(=O)NC(C)CC(C)C. The molecule has 0 radical (unpaired) electrons. The van der Waals surface area contributed by atoms with Gasteiger partial charge >= 0.3 is 0 Å². The van der Waals surface area contributed by atoms with E-state index in [9.17, 15) is 4.79 Å². The van der Waals surface area contributed by atoms with Crippen molar-refractivity contribution in [1.82, 2.24) is 5.32 Å². The van der Waals surface area contributed by atoms with Crippen LogP contribution in [0.4, 0.5) is 5.69 Å². The lowest BCUT2D eigenvalue weighted by atomic mass is 10.0. The fraction of sp³-hybridized carbons (Fsp3) is 0.562. The fourth-order valence-corrected chi connectivity index (χ4v) is 2.36. The normalized spacial score (nSPS) is 12.3. The van der Waals surface area contributed by atoms with Crippen molar-refractivity contribution < 1.29 is 4.79 Å². The molecule has 0 saturated carbocycles. The van der Waals surface area contributed by atoms with E-state index < -0.39 is 0 Å². The molecule has 112 valence electrons. The second-order valence-corrected chi connectivity index (χ2v) is 6.06. The number of rotatable bonds is 7. The van der Waals surface area contributed by atoms with Gasteiger partial charge in [-0.05, 0) is 43.9 Å². The summed E-state index contributed by atoms with van der Waals surface area (Å²) in [5.74, 6) is 0.488.